The van der Waals surface area contributed by atoms with Crippen molar-refractivity contribution in [2.24, 2.45) is 5.14 Å². The van der Waals surface area contributed by atoms with E-state index < -0.39 is 32.5 Å². The summed E-state index contributed by atoms with van der Waals surface area (Å²) in [5.74, 6) is 0.340. The first-order valence-corrected chi connectivity index (χ1v) is 14.6. The second-order valence-electron chi connectivity index (χ2n) is 8.83. The second kappa shape index (κ2) is 12.5. The van der Waals surface area contributed by atoms with Crippen LogP contribution in [0.15, 0.2) is 48.5 Å². The Morgan fingerprint density at radius 3 is 2.03 bits per heavy atom. The van der Waals surface area contributed by atoms with Crippen LogP contribution in [0.4, 0.5) is 13.3 Å². The van der Waals surface area contributed by atoms with Gasteiger partial charge < -0.3 is 4.74 Å². The molecule has 4 rings (SSSR count). The summed E-state index contributed by atoms with van der Waals surface area (Å²) < 4.78 is 91.4. The van der Waals surface area contributed by atoms with Crippen molar-refractivity contribution in [3.8, 4) is 5.75 Å². The van der Waals surface area contributed by atoms with Gasteiger partial charge in [0.2, 0.25) is 0 Å². The molecule has 2 aromatic rings. The normalized spacial score (nSPS) is 22.2. The molecule has 0 radical (unpaired) electrons. The van der Waals surface area contributed by atoms with Gasteiger partial charge in [0.25, 0.3) is 10.2 Å². The van der Waals surface area contributed by atoms with Crippen LogP contribution < -0.4 is 14.8 Å². The summed E-state index contributed by atoms with van der Waals surface area (Å²) in [4.78, 5) is 0.862. The first-order valence-electron chi connectivity index (χ1n) is 11.7. The van der Waals surface area contributed by atoms with Gasteiger partial charge in [-0.15, -0.1) is 4.48 Å². The minimum absolute atomic E-state index is 0.0288. The number of benzene rings is 2. The second-order valence-corrected chi connectivity index (χ2v) is 12.0. The summed E-state index contributed by atoms with van der Waals surface area (Å²) in [6.45, 7) is 0.586. The molecule has 0 aromatic heterocycles. The van der Waals surface area contributed by atoms with Gasteiger partial charge in [-0.25, -0.2) is 13.9 Å². The van der Waals surface area contributed by atoms with Crippen LogP contribution in [0.3, 0.4) is 0 Å². The molecule has 3 N–H and O–H groups in total. The lowest BCUT2D eigenvalue weighted by Gasteiger charge is -2.33. The van der Waals surface area contributed by atoms with Gasteiger partial charge in [0.05, 0.1) is 7.11 Å². The van der Waals surface area contributed by atoms with Crippen molar-refractivity contribution in [2.75, 3.05) is 26.7 Å². The van der Waals surface area contributed by atoms with Crippen LogP contribution >= 0.6 is 0 Å². The lowest BCUT2D eigenvalue weighted by Crippen LogP contribution is -2.46. The van der Waals surface area contributed by atoms with Gasteiger partial charge in [-0.1, -0.05) is 36.4 Å². The van der Waals surface area contributed by atoms with Crippen LogP contribution in [0.5, 0.6) is 5.75 Å². The molecular formula is C23H31F3N4O5S2. The predicted octanol–water partition coefficient (Wildman–Crippen LogP) is 3.10. The maximum Gasteiger partial charge on any atom is 0.305 e. The molecule has 0 amide bonds. The third-order valence-corrected chi connectivity index (χ3v) is 8.94. The maximum absolute atomic E-state index is 13.8. The number of nitrogens with two attached hydrogens (primary N) is 1. The van der Waals surface area contributed by atoms with Crippen molar-refractivity contribution < 1.29 is 34.8 Å². The van der Waals surface area contributed by atoms with Gasteiger partial charge in [-0.05, 0) is 59.3 Å². The lowest BCUT2D eigenvalue weighted by atomic mass is 9.89. The van der Waals surface area contributed by atoms with Crippen LogP contribution in [0.25, 0.3) is 0 Å². The number of rotatable bonds is 6. The van der Waals surface area contributed by atoms with E-state index in [9.17, 15) is 30.1 Å². The van der Waals surface area contributed by atoms with E-state index in [0.29, 0.717) is 42.2 Å². The highest BCUT2D eigenvalue weighted by atomic mass is 32.2. The molecule has 2 saturated heterocycles. The Labute approximate surface area is 215 Å². The molecule has 14 heteroatoms. The summed E-state index contributed by atoms with van der Waals surface area (Å²) >= 11 is 0. The summed E-state index contributed by atoms with van der Waals surface area (Å²) in [6.07, 6.45) is -0.101. The minimum atomic E-state index is -4.03. The van der Waals surface area contributed by atoms with E-state index in [1.54, 1.807) is 25.3 Å². The van der Waals surface area contributed by atoms with Gasteiger partial charge in [0.15, 0.2) is 6.30 Å². The van der Waals surface area contributed by atoms with E-state index in [-0.39, 0.29) is 24.8 Å². The average molecular weight is 565 g/mol. The van der Waals surface area contributed by atoms with Gasteiger partial charge in [0, 0.05) is 26.1 Å². The zero-order valence-electron chi connectivity index (χ0n) is 20.3. The molecule has 0 spiro atoms. The highest BCUT2D eigenvalue weighted by Crippen LogP contribution is 2.35. The molecule has 9 nitrogen and oxygen atoms in total. The smallest absolute Gasteiger partial charge is 0.305 e. The summed E-state index contributed by atoms with van der Waals surface area (Å²) in [7, 11) is -6.37. The molecule has 0 aliphatic carbocycles. The van der Waals surface area contributed by atoms with Crippen molar-refractivity contribution in [1.82, 2.24) is 13.6 Å². The fourth-order valence-corrected chi connectivity index (χ4v) is 6.28. The Morgan fingerprint density at radius 2 is 1.49 bits per heavy atom. The predicted molar refractivity (Wildman–Crippen MR) is 133 cm³/mol. The van der Waals surface area contributed by atoms with E-state index in [2.05, 4.69) is 0 Å². The van der Waals surface area contributed by atoms with Gasteiger partial charge >= 0.3 is 10.2 Å². The van der Waals surface area contributed by atoms with E-state index in [1.807, 2.05) is 24.3 Å². The largest absolute Gasteiger partial charge is 0.496 e. The molecular weight excluding hydrogens is 533 g/mol. The van der Waals surface area contributed by atoms with Crippen LogP contribution in [0.1, 0.15) is 48.6 Å². The first-order chi connectivity index (χ1) is 17.5. The number of hydrogen-bond donors (Lipinski definition) is 2. The molecule has 2 fully saturated rings. The molecule has 2 aliphatic heterocycles. The number of nitrogens with zero attached hydrogens (tertiary/aromatic N) is 2. The zero-order chi connectivity index (χ0) is 27.2. The minimum Gasteiger partial charge on any atom is -0.496 e. The highest BCUT2D eigenvalue weighted by Gasteiger charge is 2.35. The van der Waals surface area contributed by atoms with Crippen LogP contribution in [-0.2, 0) is 20.4 Å². The summed E-state index contributed by atoms with van der Waals surface area (Å²) in [5.41, 5.74) is 1.50. The van der Waals surface area contributed by atoms with Crippen molar-refractivity contribution in [2.45, 2.75) is 43.8 Å². The number of methoxy groups -OCH3 is 1. The molecule has 2 heterocycles. The average Bonchev–Trinajstić information content (AvgIpc) is 2.88. The number of alkyl halides is 1. The molecule has 2 atom stereocenters. The van der Waals surface area contributed by atoms with Crippen molar-refractivity contribution in [1.29, 1.82) is 0 Å². The standard InChI is InChI=1S/C12H17FN2O3S.C11H14F2N2O2S/c1-18-12-5-3-2-4-11(12)10-6-8-15(9-7-10)19(16,17)14-13;12-10-4-2-1-3-9(10)8-5-6-15(11(13)7-8)18(14,16)17/h2-5,10,14H,6-9H2,1H3;1-4,8,11H,5-7H2,(H2,14,16,17). The Hall–Kier alpha value is -2.23. The van der Waals surface area contributed by atoms with Crippen LogP contribution in [-0.4, -0.2) is 58.5 Å². The van der Waals surface area contributed by atoms with Crippen LogP contribution in [0.2, 0.25) is 0 Å². The SMILES string of the molecule is COc1ccccc1C1CCN(S(=O)(=O)NF)CC1.NS(=O)(=O)N1CCC(c2ccccc2F)CC1F. The maximum atomic E-state index is 13.8. The van der Waals surface area contributed by atoms with E-state index in [0.717, 1.165) is 20.6 Å². The van der Waals surface area contributed by atoms with Crippen molar-refractivity contribution >= 4 is 20.4 Å². The monoisotopic (exact) mass is 564 g/mol. The molecule has 2 unspecified atom stereocenters. The zero-order valence-corrected chi connectivity index (χ0v) is 21.9. The fourth-order valence-electron chi connectivity index (χ4n) is 4.73. The van der Waals surface area contributed by atoms with Gasteiger partial charge in [-0.2, -0.15) is 25.4 Å². The summed E-state index contributed by atoms with van der Waals surface area (Å²) in [6, 6.07) is 13.9. The Kier molecular flexibility index (Phi) is 9.94. The van der Waals surface area contributed by atoms with E-state index in [1.165, 1.54) is 6.07 Å². The van der Waals surface area contributed by atoms with Gasteiger partial charge in [-0.3, -0.25) is 0 Å². The van der Waals surface area contributed by atoms with E-state index >= 15 is 0 Å². The third-order valence-electron chi connectivity index (χ3n) is 6.63. The number of halogens is 3. The van der Waals surface area contributed by atoms with Crippen LogP contribution in [0, 0.1) is 5.82 Å². The Bertz CT molecular complexity index is 1260. The number of piperidine rings is 2. The number of hydrogen-bond acceptors (Lipinski definition) is 5. The third kappa shape index (κ3) is 7.42. The highest BCUT2D eigenvalue weighted by molar-refractivity contribution is 7.87. The molecule has 2 aliphatic rings. The molecule has 2 aromatic carbocycles. The number of ether oxygens (including phenoxy) is 1. The summed E-state index contributed by atoms with van der Waals surface area (Å²) in [5, 5.41) is 4.90. The Balaban J connectivity index is 0.000000206. The fraction of sp³-hybridized carbons (Fsp3) is 0.478. The van der Waals surface area contributed by atoms with Gasteiger partial charge in [0.1, 0.15) is 11.6 Å². The molecule has 206 valence electrons. The number of para-hydroxylation sites is 1. The topological polar surface area (TPSA) is 122 Å². The van der Waals surface area contributed by atoms with Crippen molar-refractivity contribution in [3.05, 3.63) is 65.5 Å². The lowest BCUT2D eigenvalue weighted by molar-refractivity contribution is 0.109. The molecule has 0 saturated carbocycles. The molecule has 37 heavy (non-hydrogen) atoms. The van der Waals surface area contributed by atoms with Crippen molar-refractivity contribution in [3.63, 3.8) is 0 Å². The quantitative estimate of drug-likeness (QED) is 0.413. The molecule has 0 bridgehead atoms. The number of nitrogens with one attached hydrogen (secondary N) is 1. The Morgan fingerprint density at radius 1 is 0.919 bits per heavy atom. The first kappa shape index (κ1) is 29.3. The van der Waals surface area contributed by atoms with E-state index in [4.69, 9.17) is 9.88 Å².